The van der Waals surface area contributed by atoms with E-state index in [9.17, 15) is 79.8 Å². The van der Waals surface area contributed by atoms with Gasteiger partial charge in [-0.3, -0.25) is 0 Å². The highest BCUT2D eigenvalue weighted by Gasteiger charge is 2.86. The Morgan fingerprint density at radius 2 is 0.579 bits per heavy atom. The lowest BCUT2D eigenvalue weighted by Gasteiger charge is -2.39. The Hall–Kier alpha value is -0.440. The summed E-state index contributed by atoms with van der Waals surface area (Å²) in [7, 11) is 0. The molecule has 0 radical (unpaired) electrons. The SMILES string of the molecule is O=C(OOC(=O)C(F)(Cl)C(F)(F)C(F)(Cl)C(F)(Cl)C(F)(F)F)C(F)(Cl)C(F)(F)C(F)(Cl)C(F)(Cl)C(F)(F)F. The number of carbonyl (C=O) groups is 2. The maximum Gasteiger partial charge on any atom is 0.441 e. The summed E-state index contributed by atoms with van der Waals surface area (Å²) in [5.41, 5.74) is 0. The second-order valence-electron chi connectivity index (χ2n) is 6.33. The summed E-state index contributed by atoms with van der Waals surface area (Å²) in [4.78, 5) is 27.7. The molecule has 0 N–H and O–H groups in total. The summed E-state index contributed by atoms with van der Waals surface area (Å²) >= 11 is 24.1. The third-order valence-corrected chi connectivity index (χ3v) is 6.71. The van der Waals surface area contributed by atoms with Gasteiger partial charge < -0.3 is 0 Å². The molecule has 0 aromatic rings. The lowest BCUT2D eigenvalue weighted by molar-refractivity contribution is -0.303. The van der Waals surface area contributed by atoms with Crippen molar-refractivity contribution in [3.05, 3.63) is 0 Å². The molecule has 0 amide bonds. The Morgan fingerprint density at radius 1 is 0.395 bits per heavy atom. The first-order chi connectivity index (χ1) is 16.0. The van der Waals surface area contributed by atoms with Crippen molar-refractivity contribution in [1.82, 2.24) is 0 Å². The number of rotatable bonds is 8. The van der Waals surface area contributed by atoms with Gasteiger partial charge in [0.1, 0.15) is 0 Å². The van der Waals surface area contributed by atoms with Gasteiger partial charge in [-0.15, -0.1) is 0 Å². The molecule has 0 fully saturated rings. The molecule has 226 valence electrons. The predicted molar refractivity (Wildman–Crippen MR) is 92.3 cm³/mol. The van der Waals surface area contributed by atoms with Crippen molar-refractivity contribution >= 4 is 81.5 Å². The molecule has 6 unspecified atom stereocenters. The number of carbonyl (C=O) groups excluding carboxylic acids is 2. The minimum atomic E-state index is -7.07. The Balaban J connectivity index is 6.17. The lowest BCUT2D eigenvalue weighted by atomic mass is 10.0. The molecule has 0 heterocycles. The van der Waals surface area contributed by atoms with Crippen LogP contribution in [-0.2, 0) is 19.4 Å². The highest BCUT2D eigenvalue weighted by atomic mass is 35.5. The summed E-state index contributed by atoms with van der Waals surface area (Å²) in [6, 6.07) is 0. The van der Waals surface area contributed by atoms with E-state index >= 15 is 0 Å². The maximum atomic E-state index is 14.0. The summed E-state index contributed by atoms with van der Waals surface area (Å²) in [5.74, 6) is -22.1. The van der Waals surface area contributed by atoms with Crippen molar-refractivity contribution in [2.75, 3.05) is 0 Å². The topological polar surface area (TPSA) is 52.6 Å². The molecule has 0 aromatic carbocycles. The molecule has 38 heavy (non-hydrogen) atoms. The molecule has 0 aliphatic carbocycles. The van der Waals surface area contributed by atoms with Gasteiger partial charge in [-0.2, -0.15) is 43.9 Å². The second-order valence-corrected chi connectivity index (χ2v) is 9.46. The fraction of sp³-hybridized carbons (Fsp3) is 0.833. The van der Waals surface area contributed by atoms with Crippen LogP contribution >= 0.6 is 69.6 Å². The average Bonchev–Trinajstić information content (AvgIpc) is 2.68. The van der Waals surface area contributed by atoms with E-state index < -0.39 is 66.9 Å². The Bertz CT molecular complexity index is 855. The molecule has 0 aromatic heterocycles. The Morgan fingerprint density at radius 3 is 0.737 bits per heavy atom. The number of alkyl halides is 22. The van der Waals surface area contributed by atoms with Gasteiger partial charge in [-0.1, -0.05) is 69.6 Å². The number of halogens is 22. The zero-order valence-electron chi connectivity index (χ0n) is 15.9. The molecular formula is C12Cl6F16O4. The predicted octanol–water partition coefficient (Wildman–Crippen LogP) is 7.81. The van der Waals surface area contributed by atoms with Gasteiger partial charge in [-0.05, 0) is 0 Å². The first kappa shape index (κ1) is 37.6. The van der Waals surface area contributed by atoms with Crippen LogP contribution in [0.15, 0.2) is 0 Å². The smallest absolute Gasteiger partial charge is 0.242 e. The zero-order chi connectivity index (χ0) is 31.6. The molecule has 0 rings (SSSR count). The van der Waals surface area contributed by atoms with Crippen LogP contribution in [0.1, 0.15) is 0 Å². The van der Waals surface area contributed by atoms with Gasteiger partial charge in [0.05, 0.1) is 0 Å². The van der Waals surface area contributed by atoms with E-state index in [-0.39, 0.29) is 0 Å². The average molecular weight is 725 g/mol. The van der Waals surface area contributed by atoms with Crippen molar-refractivity contribution < 1.29 is 89.6 Å². The van der Waals surface area contributed by atoms with Gasteiger partial charge >= 0.3 is 66.9 Å². The zero-order valence-corrected chi connectivity index (χ0v) is 20.5. The second kappa shape index (κ2) is 10.1. The van der Waals surface area contributed by atoms with Crippen molar-refractivity contribution in [3.63, 3.8) is 0 Å². The molecule has 0 aliphatic heterocycles. The number of hydrogen-bond donors (Lipinski definition) is 0. The molecule has 0 saturated carbocycles. The third kappa shape index (κ3) is 5.42. The lowest BCUT2D eigenvalue weighted by Crippen LogP contribution is -2.67. The summed E-state index contributed by atoms with van der Waals surface area (Å²) in [6.45, 7) is 0. The van der Waals surface area contributed by atoms with Gasteiger partial charge in [0.2, 0.25) is 0 Å². The Labute approximate surface area is 226 Å². The standard InChI is InChI=1S/C12Cl6F16O4/c13-3(19,9(25,26)5(15,21)7(17,23)11(29,30)31)1(35)37-38-2(36)4(14,20)10(27,28)6(16,22)8(18,24)12(32,33)34. The van der Waals surface area contributed by atoms with E-state index in [1.165, 1.54) is 0 Å². The van der Waals surface area contributed by atoms with E-state index in [2.05, 4.69) is 79.4 Å². The monoisotopic (exact) mass is 722 g/mol. The van der Waals surface area contributed by atoms with Crippen LogP contribution < -0.4 is 0 Å². The Kier molecular flexibility index (Phi) is 10.0. The van der Waals surface area contributed by atoms with Crippen LogP contribution in [0, 0.1) is 0 Å². The van der Waals surface area contributed by atoms with E-state index in [1.54, 1.807) is 0 Å². The molecular weight excluding hydrogens is 725 g/mol. The van der Waals surface area contributed by atoms with E-state index in [4.69, 9.17) is 0 Å². The highest BCUT2D eigenvalue weighted by molar-refractivity contribution is 6.39. The van der Waals surface area contributed by atoms with Crippen molar-refractivity contribution in [1.29, 1.82) is 0 Å². The maximum absolute atomic E-state index is 14.0. The first-order valence-corrected chi connectivity index (χ1v) is 9.91. The summed E-state index contributed by atoms with van der Waals surface area (Å²) < 4.78 is 213. The molecule has 0 spiro atoms. The van der Waals surface area contributed by atoms with Crippen LogP contribution in [0.4, 0.5) is 70.2 Å². The van der Waals surface area contributed by atoms with Crippen LogP contribution in [0.25, 0.3) is 0 Å². The minimum Gasteiger partial charge on any atom is -0.242 e. The van der Waals surface area contributed by atoms with Crippen molar-refractivity contribution in [2.45, 2.75) is 55.0 Å². The van der Waals surface area contributed by atoms with Gasteiger partial charge in [0.15, 0.2) is 0 Å². The molecule has 4 nitrogen and oxygen atoms in total. The molecule has 0 saturated heterocycles. The minimum absolute atomic E-state index is 2.58. The van der Waals surface area contributed by atoms with Crippen LogP contribution in [0.5, 0.6) is 0 Å². The van der Waals surface area contributed by atoms with Gasteiger partial charge in [-0.25, -0.2) is 45.7 Å². The largest absolute Gasteiger partial charge is 0.441 e. The van der Waals surface area contributed by atoms with Crippen molar-refractivity contribution in [2.24, 2.45) is 0 Å². The first-order valence-electron chi connectivity index (χ1n) is 7.64. The molecule has 0 bridgehead atoms. The third-order valence-electron chi connectivity index (χ3n) is 3.78. The quantitative estimate of drug-likeness (QED) is 0.111. The molecule has 0 aliphatic rings. The number of hydrogen-bond acceptors (Lipinski definition) is 4. The van der Waals surface area contributed by atoms with E-state index in [0.29, 0.717) is 0 Å². The van der Waals surface area contributed by atoms with Gasteiger partial charge in [0, 0.05) is 0 Å². The van der Waals surface area contributed by atoms with E-state index in [1.807, 2.05) is 0 Å². The van der Waals surface area contributed by atoms with Crippen LogP contribution in [-0.4, -0.2) is 66.9 Å². The molecule has 26 heteroatoms. The normalized spacial score (nSPS) is 23.4. The fourth-order valence-corrected chi connectivity index (χ4v) is 2.71. The fourth-order valence-electron chi connectivity index (χ4n) is 1.58. The van der Waals surface area contributed by atoms with Crippen LogP contribution in [0.2, 0.25) is 0 Å². The summed E-state index contributed by atoms with van der Waals surface area (Å²) in [6.07, 6.45) is -13.9. The molecule has 6 atom stereocenters. The van der Waals surface area contributed by atoms with Crippen molar-refractivity contribution in [3.8, 4) is 0 Å². The highest BCUT2D eigenvalue weighted by Crippen LogP contribution is 2.62. The van der Waals surface area contributed by atoms with Crippen LogP contribution in [0.3, 0.4) is 0 Å². The summed E-state index contributed by atoms with van der Waals surface area (Å²) in [5, 5.41) is -38.8. The van der Waals surface area contributed by atoms with Gasteiger partial charge in [0.25, 0.3) is 0 Å². The van der Waals surface area contributed by atoms with E-state index in [0.717, 1.165) is 0 Å².